The first kappa shape index (κ1) is 12.0. The molecule has 1 aromatic carbocycles. The summed E-state index contributed by atoms with van der Waals surface area (Å²) in [6.07, 6.45) is 2.92. The molecule has 0 saturated carbocycles. The van der Waals surface area contributed by atoms with Crippen molar-refractivity contribution in [2.24, 2.45) is 0 Å². The molecule has 1 aliphatic rings. The fourth-order valence-electron chi connectivity index (χ4n) is 2.50. The van der Waals surface area contributed by atoms with Crippen LogP contribution < -0.4 is 11.1 Å². The lowest BCUT2D eigenvalue weighted by molar-refractivity contribution is 0.176. The molecule has 19 heavy (non-hydrogen) atoms. The van der Waals surface area contributed by atoms with E-state index < -0.39 is 6.10 Å². The van der Waals surface area contributed by atoms with E-state index >= 15 is 0 Å². The summed E-state index contributed by atoms with van der Waals surface area (Å²) in [6, 6.07) is 7.82. The van der Waals surface area contributed by atoms with Crippen LogP contribution in [0.2, 0.25) is 0 Å². The first-order valence-corrected chi connectivity index (χ1v) is 6.44. The Labute approximate surface area is 112 Å². The highest BCUT2D eigenvalue weighted by molar-refractivity contribution is 5.67. The maximum Gasteiger partial charge on any atom is 0.0966 e. The first-order valence-electron chi connectivity index (χ1n) is 6.44. The van der Waals surface area contributed by atoms with Gasteiger partial charge in [-0.2, -0.15) is 0 Å². The van der Waals surface area contributed by atoms with Crippen LogP contribution in [0.3, 0.4) is 0 Å². The average molecular weight is 255 g/mol. The molecule has 0 saturated heterocycles. The molecule has 0 bridgehead atoms. The quantitative estimate of drug-likeness (QED) is 0.721. The van der Waals surface area contributed by atoms with Crippen LogP contribution in [0.25, 0.3) is 0 Å². The molecule has 4 N–H and O–H groups in total. The van der Waals surface area contributed by atoms with E-state index in [1.165, 1.54) is 0 Å². The monoisotopic (exact) mass is 255 g/mol. The standard InChI is InChI=1S/C15H17N3O/c1-9-8-10(2-4-12(9)16)18-13-6-7-17-15-11(13)3-5-14(15)19/h2,4,6-8,14,19H,3,5,16H2,1H3,(H,17,18). The van der Waals surface area contributed by atoms with Crippen molar-refractivity contribution in [1.29, 1.82) is 0 Å². The van der Waals surface area contributed by atoms with Gasteiger partial charge in [0.25, 0.3) is 0 Å². The number of nitrogens with two attached hydrogens (primary N) is 1. The lowest BCUT2D eigenvalue weighted by Gasteiger charge is -2.12. The Balaban J connectivity index is 1.94. The molecule has 2 aromatic rings. The molecule has 3 rings (SSSR count). The van der Waals surface area contributed by atoms with Crippen molar-refractivity contribution in [2.45, 2.75) is 25.9 Å². The van der Waals surface area contributed by atoms with E-state index in [-0.39, 0.29) is 0 Å². The lowest BCUT2D eigenvalue weighted by atomic mass is 10.1. The fourth-order valence-corrected chi connectivity index (χ4v) is 2.50. The Morgan fingerprint density at radius 2 is 2.21 bits per heavy atom. The van der Waals surface area contributed by atoms with E-state index in [0.717, 1.165) is 46.7 Å². The number of nitrogens with zero attached hydrogens (tertiary/aromatic N) is 1. The first-order chi connectivity index (χ1) is 9.15. The SMILES string of the molecule is Cc1cc(Nc2ccnc3c2CCC3O)ccc1N. The molecule has 0 amide bonds. The number of hydrogen-bond donors (Lipinski definition) is 3. The zero-order chi connectivity index (χ0) is 13.4. The highest BCUT2D eigenvalue weighted by atomic mass is 16.3. The summed E-state index contributed by atoms with van der Waals surface area (Å²) in [4.78, 5) is 4.26. The summed E-state index contributed by atoms with van der Waals surface area (Å²) in [5, 5.41) is 13.2. The van der Waals surface area contributed by atoms with Gasteiger partial charge in [0.2, 0.25) is 0 Å². The second-order valence-electron chi connectivity index (χ2n) is 4.97. The summed E-state index contributed by atoms with van der Waals surface area (Å²) < 4.78 is 0. The van der Waals surface area contributed by atoms with E-state index in [1.54, 1.807) is 6.20 Å². The van der Waals surface area contributed by atoms with Crippen molar-refractivity contribution >= 4 is 17.1 Å². The Bertz CT molecular complexity index is 625. The minimum Gasteiger partial charge on any atom is -0.399 e. The molecule has 4 nitrogen and oxygen atoms in total. The number of pyridine rings is 1. The Morgan fingerprint density at radius 3 is 3.00 bits per heavy atom. The smallest absolute Gasteiger partial charge is 0.0966 e. The van der Waals surface area contributed by atoms with Crippen LogP contribution in [-0.4, -0.2) is 10.1 Å². The van der Waals surface area contributed by atoms with Crippen molar-refractivity contribution in [3.8, 4) is 0 Å². The Hall–Kier alpha value is -2.07. The molecule has 0 aliphatic heterocycles. The zero-order valence-electron chi connectivity index (χ0n) is 10.9. The second-order valence-corrected chi connectivity index (χ2v) is 4.97. The average Bonchev–Trinajstić information content (AvgIpc) is 2.77. The van der Waals surface area contributed by atoms with Crippen molar-refractivity contribution < 1.29 is 5.11 Å². The molecule has 1 aliphatic carbocycles. The molecule has 98 valence electrons. The molecule has 1 aromatic heterocycles. The van der Waals surface area contributed by atoms with Crippen molar-refractivity contribution in [2.75, 3.05) is 11.1 Å². The second kappa shape index (κ2) is 4.55. The van der Waals surface area contributed by atoms with Crippen LogP contribution in [0.5, 0.6) is 0 Å². The number of rotatable bonds is 2. The fraction of sp³-hybridized carbons (Fsp3) is 0.267. The maximum atomic E-state index is 9.85. The van der Waals surface area contributed by atoms with Crippen LogP contribution in [-0.2, 0) is 6.42 Å². The number of aliphatic hydroxyl groups is 1. The molecule has 4 heteroatoms. The number of nitrogen functional groups attached to an aromatic ring is 1. The van der Waals surface area contributed by atoms with E-state index in [1.807, 2.05) is 31.2 Å². The van der Waals surface area contributed by atoms with Crippen LogP contribution in [0, 0.1) is 6.92 Å². The Kier molecular flexibility index (Phi) is 2.87. The minimum absolute atomic E-state index is 0.426. The topological polar surface area (TPSA) is 71.2 Å². The number of aromatic nitrogens is 1. The maximum absolute atomic E-state index is 9.85. The zero-order valence-corrected chi connectivity index (χ0v) is 10.9. The van der Waals surface area contributed by atoms with Gasteiger partial charge >= 0.3 is 0 Å². The van der Waals surface area contributed by atoms with Crippen LogP contribution in [0.1, 0.15) is 29.3 Å². The van der Waals surface area contributed by atoms with Gasteiger partial charge in [0.05, 0.1) is 11.8 Å². The summed E-state index contributed by atoms with van der Waals surface area (Å²) in [5.41, 5.74) is 11.6. The van der Waals surface area contributed by atoms with Crippen molar-refractivity contribution in [3.63, 3.8) is 0 Å². The Morgan fingerprint density at radius 1 is 1.37 bits per heavy atom. The third kappa shape index (κ3) is 2.15. The normalized spacial score (nSPS) is 17.3. The predicted molar refractivity (Wildman–Crippen MR) is 76.4 cm³/mol. The molecule has 1 atom stereocenters. The van der Waals surface area contributed by atoms with Crippen molar-refractivity contribution in [1.82, 2.24) is 4.98 Å². The molecule has 0 spiro atoms. The highest BCUT2D eigenvalue weighted by Gasteiger charge is 2.24. The van der Waals surface area contributed by atoms with E-state index in [2.05, 4.69) is 10.3 Å². The third-order valence-corrected chi connectivity index (χ3v) is 3.62. The number of aryl methyl sites for hydroxylation is 1. The van der Waals surface area contributed by atoms with Gasteiger partial charge in [-0.05, 0) is 55.2 Å². The van der Waals surface area contributed by atoms with E-state index in [0.29, 0.717) is 0 Å². The number of nitrogens with one attached hydrogen (secondary N) is 1. The van der Waals surface area contributed by atoms with Gasteiger partial charge in [0.15, 0.2) is 0 Å². The number of aliphatic hydroxyl groups excluding tert-OH is 1. The largest absolute Gasteiger partial charge is 0.399 e. The molecule has 0 fully saturated rings. The molecular formula is C15H17N3O. The predicted octanol–water partition coefficient (Wildman–Crippen LogP) is 2.70. The molecule has 1 heterocycles. The number of hydrogen-bond acceptors (Lipinski definition) is 4. The molecule has 1 unspecified atom stereocenters. The summed E-state index contributed by atoms with van der Waals surface area (Å²) in [6.45, 7) is 1.99. The van der Waals surface area contributed by atoms with Gasteiger partial charge in [-0.1, -0.05) is 0 Å². The summed E-state index contributed by atoms with van der Waals surface area (Å²) in [5.74, 6) is 0. The van der Waals surface area contributed by atoms with E-state index in [9.17, 15) is 5.11 Å². The number of fused-ring (bicyclic) bond motifs is 1. The van der Waals surface area contributed by atoms with Crippen LogP contribution in [0.4, 0.5) is 17.1 Å². The van der Waals surface area contributed by atoms with Crippen molar-refractivity contribution in [3.05, 3.63) is 47.3 Å². The number of anilines is 3. The van der Waals surface area contributed by atoms with Crippen LogP contribution in [0.15, 0.2) is 30.5 Å². The van der Waals surface area contributed by atoms with Gasteiger partial charge in [-0.25, -0.2) is 0 Å². The van der Waals surface area contributed by atoms with Gasteiger partial charge < -0.3 is 16.2 Å². The lowest BCUT2D eigenvalue weighted by Crippen LogP contribution is -2.00. The third-order valence-electron chi connectivity index (χ3n) is 3.62. The van der Waals surface area contributed by atoms with Gasteiger partial charge in [0.1, 0.15) is 0 Å². The highest BCUT2D eigenvalue weighted by Crippen LogP contribution is 2.35. The summed E-state index contributed by atoms with van der Waals surface area (Å²) >= 11 is 0. The minimum atomic E-state index is -0.426. The van der Waals surface area contributed by atoms with Crippen LogP contribution >= 0.6 is 0 Å². The van der Waals surface area contributed by atoms with Gasteiger partial charge in [-0.3, -0.25) is 4.98 Å². The van der Waals surface area contributed by atoms with Gasteiger partial charge in [-0.15, -0.1) is 0 Å². The van der Waals surface area contributed by atoms with E-state index in [4.69, 9.17) is 5.73 Å². The molecular weight excluding hydrogens is 238 g/mol. The summed E-state index contributed by atoms with van der Waals surface area (Å²) in [7, 11) is 0. The van der Waals surface area contributed by atoms with Gasteiger partial charge in [0, 0.05) is 23.3 Å². The number of benzene rings is 1. The molecule has 0 radical (unpaired) electrons.